The molecule has 0 aromatic carbocycles. The summed E-state index contributed by atoms with van der Waals surface area (Å²) in [5.74, 6) is 0.143. The lowest BCUT2D eigenvalue weighted by molar-refractivity contribution is 0.0947. The summed E-state index contributed by atoms with van der Waals surface area (Å²) in [7, 11) is -2.98. The first-order valence-electron chi connectivity index (χ1n) is 7.20. The average molecular weight is 336 g/mol. The van der Waals surface area contributed by atoms with Crippen molar-refractivity contribution in [1.29, 1.82) is 0 Å². The molecular weight excluding hydrogens is 320 g/mol. The SMILES string of the molecule is O=C(NC[C@@H]1CCS(=O)(=O)C1)c1ccc(-c2ccco2)[nH]c1=O. The molecule has 0 bridgehead atoms. The summed E-state index contributed by atoms with van der Waals surface area (Å²) in [4.78, 5) is 26.7. The lowest BCUT2D eigenvalue weighted by Crippen LogP contribution is -2.33. The van der Waals surface area contributed by atoms with Crippen molar-refractivity contribution in [3.05, 3.63) is 46.4 Å². The molecular formula is C15H16N2O5S. The van der Waals surface area contributed by atoms with Gasteiger partial charge in [0.15, 0.2) is 9.84 Å². The van der Waals surface area contributed by atoms with Gasteiger partial charge in [-0.3, -0.25) is 9.59 Å². The highest BCUT2D eigenvalue weighted by Gasteiger charge is 2.28. The number of pyridine rings is 1. The number of carbonyl (C=O) groups is 1. The molecule has 2 aromatic rings. The molecule has 1 fully saturated rings. The van der Waals surface area contributed by atoms with E-state index in [9.17, 15) is 18.0 Å². The number of hydrogen-bond donors (Lipinski definition) is 2. The molecule has 3 heterocycles. The zero-order valence-electron chi connectivity index (χ0n) is 12.2. The van der Waals surface area contributed by atoms with Crippen LogP contribution >= 0.6 is 0 Å². The van der Waals surface area contributed by atoms with Gasteiger partial charge in [0.05, 0.1) is 23.5 Å². The van der Waals surface area contributed by atoms with Gasteiger partial charge in [0.25, 0.3) is 11.5 Å². The van der Waals surface area contributed by atoms with Crippen LogP contribution in [0, 0.1) is 5.92 Å². The van der Waals surface area contributed by atoms with Crippen molar-refractivity contribution < 1.29 is 17.6 Å². The number of aromatic amines is 1. The second kappa shape index (κ2) is 6.04. The first-order valence-corrected chi connectivity index (χ1v) is 9.02. The topological polar surface area (TPSA) is 109 Å². The molecule has 2 N–H and O–H groups in total. The molecule has 0 aliphatic carbocycles. The van der Waals surface area contributed by atoms with Crippen LogP contribution in [-0.2, 0) is 9.84 Å². The van der Waals surface area contributed by atoms with Gasteiger partial charge >= 0.3 is 0 Å². The number of sulfone groups is 1. The van der Waals surface area contributed by atoms with Crippen molar-refractivity contribution in [3.8, 4) is 11.5 Å². The fraction of sp³-hybridized carbons (Fsp3) is 0.333. The molecule has 1 amide bonds. The Kier molecular flexibility index (Phi) is 4.08. The summed E-state index contributed by atoms with van der Waals surface area (Å²) >= 11 is 0. The van der Waals surface area contributed by atoms with Gasteiger partial charge in [-0.15, -0.1) is 0 Å². The number of amides is 1. The zero-order valence-corrected chi connectivity index (χ0v) is 13.1. The summed E-state index contributed by atoms with van der Waals surface area (Å²) in [6.45, 7) is 0.247. The molecule has 2 aromatic heterocycles. The van der Waals surface area contributed by atoms with Crippen LogP contribution in [-0.4, -0.2) is 37.4 Å². The average Bonchev–Trinajstić information content (AvgIpc) is 3.14. The predicted molar refractivity (Wildman–Crippen MR) is 83.9 cm³/mol. The van der Waals surface area contributed by atoms with E-state index in [4.69, 9.17) is 4.42 Å². The Morgan fingerprint density at radius 3 is 2.78 bits per heavy atom. The smallest absolute Gasteiger partial charge is 0.261 e. The number of carbonyl (C=O) groups excluding carboxylic acids is 1. The van der Waals surface area contributed by atoms with Gasteiger partial charge in [-0.25, -0.2) is 8.42 Å². The van der Waals surface area contributed by atoms with Crippen LogP contribution in [0.25, 0.3) is 11.5 Å². The van der Waals surface area contributed by atoms with Gasteiger partial charge in [-0.1, -0.05) is 0 Å². The number of H-pyrrole nitrogens is 1. The second-order valence-electron chi connectivity index (χ2n) is 5.57. The van der Waals surface area contributed by atoms with E-state index in [-0.39, 0.29) is 29.5 Å². The summed E-state index contributed by atoms with van der Waals surface area (Å²) < 4.78 is 27.9. The van der Waals surface area contributed by atoms with Crippen LogP contribution < -0.4 is 10.9 Å². The van der Waals surface area contributed by atoms with Crippen LogP contribution in [0.3, 0.4) is 0 Å². The molecule has 0 spiro atoms. The van der Waals surface area contributed by atoms with Crippen molar-refractivity contribution in [2.45, 2.75) is 6.42 Å². The molecule has 7 nitrogen and oxygen atoms in total. The van der Waals surface area contributed by atoms with Gasteiger partial charge in [-0.05, 0) is 36.6 Å². The molecule has 1 aliphatic rings. The Bertz CT molecular complexity index is 868. The van der Waals surface area contributed by atoms with E-state index >= 15 is 0 Å². The maximum Gasteiger partial charge on any atom is 0.261 e. The van der Waals surface area contributed by atoms with E-state index in [1.807, 2.05) is 0 Å². The zero-order chi connectivity index (χ0) is 16.4. The molecule has 8 heteroatoms. The van der Waals surface area contributed by atoms with E-state index in [1.54, 1.807) is 18.2 Å². The first kappa shape index (κ1) is 15.5. The maximum atomic E-state index is 12.1. The lowest BCUT2D eigenvalue weighted by atomic mass is 10.1. The molecule has 1 atom stereocenters. The Morgan fingerprint density at radius 2 is 2.17 bits per heavy atom. The number of nitrogens with one attached hydrogen (secondary N) is 2. The largest absolute Gasteiger partial charge is 0.463 e. The van der Waals surface area contributed by atoms with Gasteiger partial charge in [0, 0.05) is 6.54 Å². The van der Waals surface area contributed by atoms with Crippen molar-refractivity contribution in [1.82, 2.24) is 10.3 Å². The Hall–Kier alpha value is -2.35. The highest BCUT2D eigenvalue weighted by Crippen LogP contribution is 2.18. The number of furan rings is 1. The van der Waals surface area contributed by atoms with E-state index in [2.05, 4.69) is 10.3 Å². The molecule has 0 saturated carbocycles. The van der Waals surface area contributed by atoms with Crippen molar-refractivity contribution in [3.63, 3.8) is 0 Å². The molecule has 0 radical (unpaired) electrons. The van der Waals surface area contributed by atoms with Gasteiger partial charge in [0.1, 0.15) is 11.3 Å². The fourth-order valence-corrected chi connectivity index (χ4v) is 4.46. The summed E-state index contributed by atoms with van der Waals surface area (Å²) in [6, 6.07) is 6.42. The van der Waals surface area contributed by atoms with Gasteiger partial charge < -0.3 is 14.7 Å². The van der Waals surface area contributed by atoms with Crippen LogP contribution in [0.15, 0.2) is 39.7 Å². The normalized spacial score (nSPS) is 19.6. The van der Waals surface area contributed by atoms with E-state index in [0.717, 1.165) is 0 Å². The van der Waals surface area contributed by atoms with Crippen molar-refractivity contribution in [2.75, 3.05) is 18.1 Å². The van der Waals surface area contributed by atoms with Crippen LogP contribution in [0.4, 0.5) is 0 Å². The van der Waals surface area contributed by atoms with E-state index in [1.165, 1.54) is 12.3 Å². The Balaban J connectivity index is 1.67. The molecule has 1 aliphatic heterocycles. The quantitative estimate of drug-likeness (QED) is 0.858. The van der Waals surface area contributed by atoms with Gasteiger partial charge in [-0.2, -0.15) is 0 Å². The molecule has 1 saturated heterocycles. The fourth-order valence-electron chi connectivity index (χ4n) is 2.59. The maximum absolute atomic E-state index is 12.1. The number of rotatable bonds is 4. The highest BCUT2D eigenvalue weighted by atomic mass is 32.2. The highest BCUT2D eigenvalue weighted by molar-refractivity contribution is 7.91. The molecule has 3 rings (SSSR count). The Labute approximate surface area is 132 Å². The molecule has 0 unspecified atom stereocenters. The van der Waals surface area contributed by atoms with Crippen LogP contribution in [0.5, 0.6) is 0 Å². The summed E-state index contributed by atoms with van der Waals surface area (Å²) in [5, 5.41) is 2.63. The minimum atomic E-state index is -2.98. The number of aromatic nitrogens is 1. The van der Waals surface area contributed by atoms with E-state index in [0.29, 0.717) is 17.9 Å². The molecule has 23 heavy (non-hydrogen) atoms. The Morgan fingerprint density at radius 1 is 1.35 bits per heavy atom. The van der Waals surface area contributed by atoms with E-state index < -0.39 is 21.3 Å². The summed E-state index contributed by atoms with van der Waals surface area (Å²) in [5.41, 5.74) is -0.0463. The third-order valence-corrected chi connectivity index (χ3v) is 5.66. The van der Waals surface area contributed by atoms with Crippen LogP contribution in [0.2, 0.25) is 0 Å². The monoisotopic (exact) mass is 336 g/mol. The van der Waals surface area contributed by atoms with Gasteiger partial charge in [0.2, 0.25) is 0 Å². The standard InChI is InChI=1S/C15H16N2O5S/c18-14(16-8-10-5-7-23(20,21)9-10)11-3-4-12(17-15(11)19)13-2-1-6-22-13/h1-4,6,10H,5,7-9H2,(H,16,18)(H,17,19)/t10-/m0/s1. The minimum absolute atomic E-state index is 0.0128. The second-order valence-corrected chi connectivity index (χ2v) is 7.80. The lowest BCUT2D eigenvalue weighted by Gasteiger charge is -2.09. The van der Waals surface area contributed by atoms with Crippen molar-refractivity contribution >= 4 is 15.7 Å². The third-order valence-electron chi connectivity index (χ3n) is 3.82. The third kappa shape index (κ3) is 3.53. The molecule has 122 valence electrons. The predicted octanol–water partition coefficient (Wildman–Crippen LogP) is 0.799. The first-order chi connectivity index (χ1) is 10.9. The summed E-state index contributed by atoms with van der Waals surface area (Å²) in [6.07, 6.45) is 2.03. The minimum Gasteiger partial charge on any atom is -0.463 e. The van der Waals surface area contributed by atoms with Crippen molar-refractivity contribution in [2.24, 2.45) is 5.92 Å². The van der Waals surface area contributed by atoms with Crippen LogP contribution in [0.1, 0.15) is 16.8 Å². The number of hydrogen-bond acceptors (Lipinski definition) is 5.